The first-order chi connectivity index (χ1) is 10.6. The van der Waals surface area contributed by atoms with Crippen LogP contribution in [0.25, 0.3) is 0 Å². The van der Waals surface area contributed by atoms with E-state index < -0.39 is 0 Å². The van der Waals surface area contributed by atoms with Crippen LogP contribution in [0.5, 0.6) is 0 Å². The number of hydrogen-bond acceptors (Lipinski definition) is 3. The number of amides is 1. The number of benzene rings is 1. The molecule has 1 aromatic heterocycles. The number of rotatable bonds is 7. The first-order valence-corrected chi connectivity index (χ1v) is 7.74. The second-order valence-electron chi connectivity index (χ2n) is 5.93. The molecule has 0 spiro atoms. The first-order valence-electron chi connectivity index (χ1n) is 7.74. The maximum Gasteiger partial charge on any atom is 0.220 e. The maximum absolute atomic E-state index is 12.2. The van der Waals surface area contributed by atoms with Gasteiger partial charge in [0.1, 0.15) is 0 Å². The zero-order chi connectivity index (χ0) is 15.9. The molecule has 22 heavy (non-hydrogen) atoms. The highest BCUT2D eigenvalue weighted by Crippen LogP contribution is 2.10. The predicted octanol–water partition coefficient (Wildman–Crippen LogP) is 2.36. The number of nitrogens with zero attached hydrogens (tertiary/aromatic N) is 3. The van der Waals surface area contributed by atoms with Crippen molar-refractivity contribution in [1.82, 2.24) is 20.3 Å². The first kappa shape index (κ1) is 16.2. The van der Waals surface area contributed by atoms with Crippen LogP contribution in [0.2, 0.25) is 0 Å². The van der Waals surface area contributed by atoms with Gasteiger partial charge in [0.15, 0.2) is 0 Å². The van der Waals surface area contributed by atoms with Gasteiger partial charge in [0, 0.05) is 6.42 Å². The summed E-state index contributed by atoms with van der Waals surface area (Å²) in [6.45, 7) is 6.86. The standard InChI is InChI=1S/C17H24N4O/c1-13(2)16(12-21-18-10-11-19-21)20-17(22)9-8-15-7-5-4-6-14(15)3/h4-7,10-11,13,16H,8-9,12H2,1-3H3,(H,20,22). The normalized spacial score (nSPS) is 12.4. The smallest absolute Gasteiger partial charge is 0.220 e. The second-order valence-corrected chi connectivity index (χ2v) is 5.93. The fourth-order valence-electron chi connectivity index (χ4n) is 2.35. The van der Waals surface area contributed by atoms with E-state index >= 15 is 0 Å². The molecule has 0 aliphatic heterocycles. The quantitative estimate of drug-likeness (QED) is 0.854. The Kier molecular flexibility index (Phi) is 5.69. The molecule has 1 unspecified atom stereocenters. The third kappa shape index (κ3) is 4.69. The molecule has 0 radical (unpaired) electrons. The van der Waals surface area contributed by atoms with Crippen LogP contribution in [-0.2, 0) is 17.8 Å². The molecule has 118 valence electrons. The molecule has 1 aromatic carbocycles. The van der Waals surface area contributed by atoms with Gasteiger partial charge in [-0.3, -0.25) is 4.79 Å². The molecule has 0 bridgehead atoms. The summed E-state index contributed by atoms with van der Waals surface area (Å²) in [5, 5.41) is 11.3. The van der Waals surface area contributed by atoms with Crippen molar-refractivity contribution in [2.75, 3.05) is 0 Å². The second kappa shape index (κ2) is 7.73. The fourth-order valence-corrected chi connectivity index (χ4v) is 2.35. The minimum absolute atomic E-state index is 0.0387. The summed E-state index contributed by atoms with van der Waals surface area (Å²) in [6.07, 6.45) is 4.57. The van der Waals surface area contributed by atoms with Gasteiger partial charge in [0.25, 0.3) is 0 Å². The molecule has 5 nitrogen and oxygen atoms in total. The van der Waals surface area contributed by atoms with Crippen LogP contribution in [-0.4, -0.2) is 26.9 Å². The fraction of sp³-hybridized carbons (Fsp3) is 0.471. The number of carbonyl (C=O) groups is 1. The molecule has 2 rings (SSSR count). The lowest BCUT2D eigenvalue weighted by molar-refractivity contribution is -0.122. The monoisotopic (exact) mass is 300 g/mol. The van der Waals surface area contributed by atoms with Crippen LogP contribution < -0.4 is 5.32 Å². The lowest BCUT2D eigenvalue weighted by atomic mass is 10.0. The van der Waals surface area contributed by atoms with Crippen molar-refractivity contribution >= 4 is 5.91 Å². The summed E-state index contributed by atoms with van der Waals surface area (Å²) < 4.78 is 0. The lowest BCUT2D eigenvalue weighted by Gasteiger charge is -2.22. The summed E-state index contributed by atoms with van der Waals surface area (Å²) in [5.74, 6) is 0.405. The van der Waals surface area contributed by atoms with Gasteiger partial charge in [-0.05, 0) is 30.4 Å². The van der Waals surface area contributed by atoms with E-state index in [1.807, 2.05) is 12.1 Å². The van der Waals surface area contributed by atoms with Crippen LogP contribution in [0.3, 0.4) is 0 Å². The van der Waals surface area contributed by atoms with E-state index in [1.54, 1.807) is 17.2 Å². The molecule has 2 aromatic rings. The van der Waals surface area contributed by atoms with Gasteiger partial charge in [0.05, 0.1) is 25.0 Å². The Morgan fingerprint density at radius 3 is 2.55 bits per heavy atom. The summed E-state index contributed by atoms with van der Waals surface area (Å²) >= 11 is 0. The zero-order valence-corrected chi connectivity index (χ0v) is 13.5. The van der Waals surface area contributed by atoms with Gasteiger partial charge < -0.3 is 5.32 Å². The molecular weight excluding hydrogens is 276 g/mol. The predicted molar refractivity (Wildman–Crippen MR) is 86.3 cm³/mol. The van der Waals surface area contributed by atoms with E-state index in [-0.39, 0.29) is 11.9 Å². The largest absolute Gasteiger partial charge is 0.351 e. The van der Waals surface area contributed by atoms with E-state index in [1.165, 1.54) is 11.1 Å². The third-order valence-corrected chi connectivity index (χ3v) is 3.86. The summed E-state index contributed by atoms with van der Waals surface area (Å²) in [6, 6.07) is 8.23. The highest BCUT2D eigenvalue weighted by Gasteiger charge is 2.17. The Morgan fingerprint density at radius 1 is 1.23 bits per heavy atom. The summed E-state index contributed by atoms with van der Waals surface area (Å²) in [7, 11) is 0. The van der Waals surface area contributed by atoms with E-state index in [0.717, 1.165) is 6.42 Å². The van der Waals surface area contributed by atoms with Gasteiger partial charge in [-0.1, -0.05) is 38.1 Å². The average Bonchev–Trinajstić information content (AvgIpc) is 2.98. The van der Waals surface area contributed by atoms with E-state index in [2.05, 4.69) is 48.4 Å². The van der Waals surface area contributed by atoms with Crippen molar-refractivity contribution in [3.05, 3.63) is 47.8 Å². The van der Waals surface area contributed by atoms with Gasteiger partial charge in [0.2, 0.25) is 5.91 Å². The molecule has 1 atom stereocenters. The molecular formula is C17H24N4O. The molecule has 0 aliphatic carbocycles. The highest BCUT2D eigenvalue weighted by atomic mass is 16.1. The molecule has 5 heteroatoms. The maximum atomic E-state index is 12.2. The molecule has 0 fully saturated rings. The minimum Gasteiger partial charge on any atom is -0.351 e. The van der Waals surface area contributed by atoms with Crippen LogP contribution in [0.4, 0.5) is 0 Å². The number of aryl methyl sites for hydroxylation is 2. The summed E-state index contributed by atoms with van der Waals surface area (Å²) in [5.41, 5.74) is 2.46. The summed E-state index contributed by atoms with van der Waals surface area (Å²) in [4.78, 5) is 13.8. The van der Waals surface area contributed by atoms with Gasteiger partial charge in [-0.15, -0.1) is 0 Å². The number of hydrogen-bond donors (Lipinski definition) is 1. The molecule has 0 aliphatic rings. The van der Waals surface area contributed by atoms with Crippen molar-refractivity contribution < 1.29 is 4.79 Å². The van der Waals surface area contributed by atoms with Crippen molar-refractivity contribution in [1.29, 1.82) is 0 Å². The van der Waals surface area contributed by atoms with Crippen LogP contribution in [0, 0.1) is 12.8 Å². The van der Waals surface area contributed by atoms with Gasteiger partial charge in [-0.2, -0.15) is 15.0 Å². The Bertz CT molecular complexity index is 592. The third-order valence-electron chi connectivity index (χ3n) is 3.86. The minimum atomic E-state index is 0.0387. The van der Waals surface area contributed by atoms with E-state index in [4.69, 9.17) is 0 Å². The Morgan fingerprint density at radius 2 is 1.91 bits per heavy atom. The number of aromatic nitrogens is 3. The molecule has 0 saturated heterocycles. The van der Waals surface area contributed by atoms with Gasteiger partial charge >= 0.3 is 0 Å². The average molecular weight is 300 g/mol. The van der Waals surface area contributed by atoms with Crippen LogP contribution in [0.15, 0.2) is 36.7 Å². The Balaban J connectivity index is 1.87. The van der Waals surface area contributed by atoms with Crippen molar-refractivity contribution in [3.8, 4) is 0 Å². The van der Waals surface area contributed by atoms with Crippen molar-refractivity contribution in [2.45, 2.75) is 46.2 Å². The van der Waals surface area contributed by atoms with Crippen LogP contribution >= 0.6 is 0 Å². The molecule has 0 saturated carbocycles. The Labute approximate surface area is 131 Å². The zero-order valence-electron chi connectivity index (χ0n) is 13.5. The number of nitrogens with one attached hydrogen (secondary N) is 1. The topological polar surface area (TPSA) is 59.8 Å². The Hall–Kier alpha value is -2.17. The van der Waals surface area contributed by atoms with Crippen molar-refractivity contribution in [3.63, 3.8) is 0 Å². The van der Waals surface area contributed by atoms with Crippen LogP contribution in [0.1, 0.15) is 31.4 Å². The number of carbonyl (C=O) groups excluding carboxylic acids is 1. The molecule has 1 amide bonds. The lowest BCUT2D eigenvalue weighted by Crippen LogP contribution is -2.42. The van der Waals surface area contributed by atoms with Gasteiger partial charge in [-0.25, -0.2) is 0 Å². The SMILES string of the molecule is Cc1ccccc1CCC(=O)NC(Cn1nccn1)C(C)C. The van der Waals surface area contributed by atoms with E-state index in [0.29, 0.717) is 18.9 Å². The van der Waals surface area contributed by atoms with E-state index in [9.17, 15) is 4.79 Å². The highest BCUT2D eigenvalue weighted by molar-refractivity contribution is 5.76. The molecule has 1 N–H and O–H groups in total. The molecule has 1 heterocycles. The van der Waals surface area contributed by atoms with Crippen molar-refractivity contribution in [2.24, 2.45) is 5.92 Å².